The first-order valence-electron chi connectivity index (χ1n) is 7.38. The van der Waals surface area contributed by atoms with Crippen molar-refractivity contribution >= 4 is 0 Å². The van der Waals surface area contributed by atoms with Crippen LogP contribution in [-0.4, -0.2) is 16.2 Å². The van der Waals surface area contributed by atoms with Gasteiger partial charge in [0.1, 0.15) is 0 Å². The molecular weight excluding hydrogens is 222 g/mol. The molecule has 0 bridgehead atoms. The largest absolute Gasteiger partial charge is 0.474 e. The molecule has 0 saturated heterocycles. The Hall–Kier alpha value is -0.340. The summed E-state index contributed by atoms with van der Waals surface area (Å²) in [5.41, 5.74) is 1.14. The van der Waals surface area contributed by atoms with Crippen molar-refractivity contribution in [2.45, 2.75) is 64.5 Å². The molecular formula is C16H29NO. The average Bonchev–Trinajstić information content (AvgIpc) is 2.27. The van der Waals surface area contributed by atoms with E-state index in [0.29, 0.717) is 17.8 Å². The Kier molecular flexibility index (Phi) is 3.63. The van der Waals surface area contributed by atoms with E-state index in [1.165, 1.54) is 18.4 Å². The van der Waals surface area contributed by atoms with Gasteiger partial charge in [0.25, 0.3) is 0 Å². The molecule has 1 fully saturated rings. The average molecular weight is 251 g/mol. The first-order chi connectivity index (χ1) is 8.29. The Balaban J connectivity index is 2.38. The topological polar surface area (TPSA) is 36.8 Å². The van der Waals surface area contributed by atoms with Gasteiger partial charge in [0, 0.05) is 12.3 Å². The molecule has 0 spiro atoms. The van der Waals surface area contributed by atoms with E-state index in [1.54, 1.807) is 0 Å². The van der Waals surface area contributed by atoms with E-state index >= 15 is 0 Å². The fourth-order valence-corrected chi connectivity index (χ4v) is 3.98. The molecule has 0 aromatic heterocycles. The molecule has 2 heteroatoms. The van der Waals surface area contributed by atoms with Crippen molar-refractivity contribution in [1.29, 1.82) is 0 Å². The number of rotatable bonds is 2. The normalized spacial score (nSPS) is 44.7. The summed E-state index contributed by atoms with van der Waals surface area (Å²) in [5.74, 6) is 1.91. The van der Waals surface area contributed by atoms with Crippen molar-refractivity contribution < 1.29 is 10.4 Å². The Morgan fingerprint density at radius 2 is 2.00 bits per heavy atom. The van der Waals surface area contributed by atoms with E-state index in [4.69, 9.17) is 0 Å². The number of fused-ring (bicyclic) bond motifs is 1. The second-order valence-electron chi connectivity index (χ2n) is 7.19. The van der Waals surface area contributed by atoms with E-state index in [0.717, 1.165) is 12.8 Å². The van der Waals surface area contributed by atoms with E-state index in [1.807, 2.05) is 6.92 Å². The van der Waals surface area contributed by atoms with Crippen molar-refractivity contribution in [2.24, 2.45) is 17.8 Å². The Bertz CT molecular complexity index is 345. The fraction of sp³-hybridized carbons (Fsp3) is 0.812. The van der Waals surface area contributed by atoms with Crippen LogP contribution in [0.25, 0.3) is 0 Å². The summed E-state index contributed by atoms with van der Waals surface area (Å²) >= 11 is 0. The van der Waals surface area contributed by atoms with Crippen molar-refractivity contribution in [1.82, 2.24) is 0 Å². The zero-order chi connectivity index (χ0) is 13.6. The van der Waals surface area contributed by atoms with Crippen LogP contribution in [0.3, 0.4) is 0 Å². The molecule has 18 heavy (non-hydrogen) atoms. The van der Waals surface area contributed by atoms with E-state index in [9.17, 15) is 5.11 Å². The third kappa shape index (κ3) is 2.37. The summed E-state index contributed by atoms with van der Waals surface area (Å²) < 4.78 is 0. The van der Waals surface area contributed by atoms with Gasteiger partial charge in [0.2, 0.25) is 0 Å². The molecule has 4 atom stereocenters. The number of hydrogen-bond donors (Lipinski definition) is 2. The van der Waals surface area contributed by atoms with Crippen LogP contribution in [0.5, 0.6) is 0 Å². The van der Waals surface area contributed by atoms with Gasteiger partial charge in [-0.05, 0) is 44.9 Å². The van der Waals surface area contributed by atoms with Gasteiger partial charge in [-0.25, -0.2) is 0 Å². The molecule has 0 heterocycles. The molecule has 0 aromatic carbocycles. The second kappa shape index (κ2) is 4.64. The first-order valence-corrected chi connectivity index (χ1v) is 7.38. The summed E-state index contributed by atoms with van der Waals surface area (Å²) in [7, 11) is 4.06. The maximum Gasteiger partial charge on any atom is 0.0802 e. The number of nitrogens with two attached hydrogens (primary N) is 1. The zero-order valence-electron chi connectivity index (χ0n) is 12.4. The molecule has 2 aliphatic rings. The maximum atomic E-state index is 10.4. The van der Waals surface area contributed by atoms with Crippen LogP contribution >= 0.6 is 0 Å². The molecule has 0 aromatic rings. The summed E-state index contributed by atoms with van der Waals surface area (Å²) in [6, 6.07) is 0. The number of quaternary nitrogens is 1. The van der Waals surface area contributed by atoms with Crippen molar-refractivity contribution in [3.05, 3.63) is 18.7 Å². The van der Waals surface area contributed by atoms with Gasteiger partial charge in [0.15, 0.2) is 0 Å². The van der Waals surface area contributed by atoms with Crippen LogP contribution in [0.2, 0.25) is 0 Å². The SMILES string of the molecule is [CH2-][NH2+]C1(C)CCC(C(C)C)C2=CC(C)(O)CCC21. The molecule has 0 aliphatic heterocycles. The Morgan fingerprint density at radius 1 is 1.33 bits per heavy atom. The predicted molar refractivity (Wildman–Crippen MR) is 74.7 cm³/mol. The highest BCUT2D eigenvalue weighted by Crippen LogP contribution is 2.48. The van der Waals surface area contributed by atoms with Crippen LogP contribution in [0.15, 0.2) is 11.6 Å². The summed E-state index contributed by atoms with van der Waals surface area (Å²) in [4.78, 5) is 0. The quantitative estimate of drug-likeness (QED) is 0.573. The highest BCUT2D eigenvalue weighted by Gasteiger charge is 2.47. The highest BCUT2D eigenvalue weighted by atomic mass is 16.3. The lowest BCUT2D eigenvalue weighted by molar-refractivity contribution is -0.683. The fourth-order valence-electron chi connectivity index (χ4n) is 3.98. The molecule has 0 amide bonds. The molecule has 104 valence electrons. The van der Waals surface area contributed by atoms with Crippen LogP contribution in [0.4, 0.5) is 0 Å². The third-order valence-corrected chi connectivity index (χ3v) is 5.31. The second-order valence-corrected chi connectivity index (χ2v) is 7.19. The molecule has 2 rings (SSSR count). The van der Waals surface area contributed by atoms with Crippen molar-refractivity contribution in [3.8, 4) is 0 Å². The minimum Gasteiger partial charge on any atom is -0.474 e. The van der Waals surface area contributed by atoms with E-state index in [-0.39, 0.29) is 5.54 Å². The zero-order valence-corrected chi connectivity index (χ0v) is 12.4. The molecule has 3 N–H and O–H groups in total. The molecule has 1 saturated carbocycles. The monoisotopic (exact) mass is 251 g/mol. The van der Waals surface area contributed by atoms with Gasteiger partial charge >= 0.3 is 0 Å². The lowest BCUT2D eigenvalue weighted by Gasteiger charge is -2.50. The van der Waals surface area contributed by atoms with Gasteiger partial charge < -0.3 is 10.4 Å². The molecule has 4 unspecified atom stereocenters. The van der Waals surface area contributed by atoms with Crippen molar-refractivity contribution in [2.75, 3.05) is 0 Å². The standard InChI is InChI=1S/C16H29NO/c1-11(2)12-6-9-16(4,17-5)14-7-8-15(3,18)10-13(12)14/h10-12,14,18H,5-9,17H2,1-4H3. The lowest BCUT2D eigenvalue weighted by Crippen LogP contribution is -2.93. The number of hydrogen-bond acceptors (Lipinski definition) is 1. The van der Waals surface area contributed by atoms with Gasteiger partial charge in [-0.1, -0.05) is 25.5 Å². The summed E-state index contributed by atoms with van der Waals surface area (Å²) in [6.45, 7) is 8.91. The Morgan fingerprint density at radius 3 is 2.56 bits per heavy atom. The van der Waals surface area contributed by atoms with Gasteiger partial charge in [-0.3, -0.25) is 0 Å². The van der Waals surface area contributed by atoms with E-state index in [2.05, 4.69) is 39.2 Å². The first kappa shape index (κ1) is 14.1. The molecule has 2 nitrogen and oxygen atoms in total. The minimum absolute atomic E-state index is 0.230. The van der Waals surface area contributed by atoms with Crippen LogP contribution in [0.1, 0.15) is 53.4 Å². The smallest absolute Gasteiger partial charge is 0.0802 e. The van der Waals surface area contributed by atoms with Crippen LogP contribution < -0.4 is 5.32 Å². The molecule has 0 radical (unpaired) electrons. The number of aliphatic hydroxyl groups is 1. The highest BCUT2D eigenvalue weighted by molar-refractivity contribution is 5.25. The van der Waals surface area contributed by atoms with Gasteiger partial charge in [-0.2, -0.15) is 7.05 Å². The minimum atomic E-state index is -0.599. The Labute approximate surface area is 112 Å². The molecule has 2 aliphatic carbocycles. The predicted octanol–water partition coefficient (Wildman–Crippen LogP) is 2.25. The van der Waals surface area contributed by atoms with Gasteiger partial charge in [0.05, 0.1) is 11.1 Å². The summed E-state index contributed by atoms with van der Waals surface area (Å²) in [6.07, 6.45) is 6.63. The van der Waals surface area contributed by atoms with Crippen molar-refractivity contribution in [3.63, 3.8) is 0 Å². The van der Waals surface area contributed by atoms with E-state index < -0.39 is 5.60 Å². The van der Waals surface area contributed by atoms with Gasteiger partial charge in [-0.15, -0.1) is 0 Å². The van der Waals surface area contributed by atoms with Crippen LogP contribution in [0, 0.1) is 24.8 Å². The lowest BCUT2D eigenvalue weighted by atomic mass is 9.59. The third-order valence-electron chi connectivity index (χ3n) is 5.31. The van der Waals surface area contributed by atoms with Crippen LogP contribution in [-0.2, 0) is 0 Å². The summed E-state index contributed by atoms with van der Waals surface area (Å²) in [5, 5.41) is 12.5. The maximum absolute atomic E-state index is 10.4.